The van der Waals surface area contributed by atoms with Gasteiger partial charge in [0.15, 0.2) is 17.1 Å². The second-order valence-corrected chi connectivity index (χ2v) is 14.8. The monoisotopic (exact) mass is 831 g/mol. The maximum Gasteiger partial charge on any atom is 0.180 e. The van der Waals surface area contributed by atoms with E-state index in [1.165, 1.54) is 23.3 Å². The van der Waals surface area contributed by atoms with Gasteiger partial charge in [-0.3, -0.25) is 33.7 Å². The van der Waals surface area contributed by atoms with Crippen LogP contribution in [0.5, 0.6) is 0 Å². The van der Waals surface area contributed by atoms with Gasteiger partial charge in [0.05, 0.1) is 35.2 Å². The Balaban J connectivity index is 0.000000165. The normalized spacial score (nSPS) is 11.1. The lowest BCUT2D eigenvalue weighted by molar-refractivity contribution is 0.628. The van der Waals surface area contributed by atoms with Gasteiger partial charge in [-0.05, 0) is 127 Å². The molecule has 8 heterocycles. The first-order chi connectivity index (χ1) is 28.2. The number of hydrogen-bond acceptors (Lipinski definition) is 9. The van der Waals surface area contributed by atoms with Gasteiger partial charge in [-0.15, -0.1) is 0 Å². The summed E-state index contributed by atoms with van der Waals surface area (Å²) in [6.07, 6.45) is 20.0. The summed E-state index contributed by atoms with van der Waals surface area (Å²) in [4.78, 5) is 35.8. The van der Waals surface area contributed by atoms with Crippen molar-refractivity contribution in [2.75, 3.05) is 5.32 Å². The maximum atomic E-state index is 13.3. The topological polar surface area (TPSA) is 124 Å². The van der Waals surface area contributed by atoms with Crippen LogP contribution in [-0.2, 0) is 19.4 Å². The molecule has 0 unspecified atom stereocenters. The first kappa shape index (κ1) is 38.2. The van der Waals surface area contributed by atoms with E-state index >= 15 is 0 Å². The Morgan fingerprint density at radius 1 is 0.569 bits per heavy atom. The highest BCUT2D eigenvalue weighted by Gasteiger charge is 2.13. The van der Waals surface area contributed by atoms with Crippen molar-refractivity contribution < 1.29 is 4.39 Å². The molecule has 58 heavy (non-hydrogen) atoms. The van der Waals surface area contributed by atoms with Crippen molar-refractivity contribution >= 4 is 33.0 Å². The lowest BCUT2D eigenvalue weighted by Gasteiger charge is -2.10. The van der Waals surface area contributed by atoms with Crippen molar-refractivity contribution in [3.05, 3.63) is 172 Å². The summed E-state index contributed by atoms with van der Waals surface area (Å²) in [5, 5.41) is 3.37. The summed E-state index contributed by atoms with van der Waals surface area (Å²) in [5.41, 5.74) is 15.0. The lowest BCUT2D eigenvalue weighted by atomic mass is 10.0. The van der Waals surface area contributed by atoms with Crippen LogP contribution in [0.1, 0.15) is 39.3 Å². The van der Waals surface area contributed by atoms with Crippen LogP contribution < -0.4 is 5.32 Å². The van der Waals surface area contributed by atoms with E-state index in [2.05, 4.69) is 88.2 Å². The number of hydrogen-bond donors (Lipinski definition) is 1. The molecule has 0 saturated heterocycles. The number of aryl methyl sites for hydroxylation is 6. The van der Waals surface area contributed by atoms with Crippen molar-refractivity contribution in [2.45, 2.75) is 47.1 Å². The van der Waals surface area contributed by atoms with Gasteiger partial charge < -0.3 is 5.32 Å². The highest BCUT2D eigenvalue weighted by Crippen LogP contribution is 2.26. The minimum absolute atomic E-state index is 0.263. The van der Waals surface area contributed by atoms with Crippen LogP contribution in [0, 0.1) is 33.5 Å². The van der Waals surface area contributed by atoms with Gasteiger partial charge >= 0.3 is 0 Å². The number of benzene rings is 1. The highest BCUT2D eigenvalue weighted by atomic mass is 79.9. The van der Waals surface area contributed by atoms with Gasteiger partial charge in [0.25, 0.3) is 0 Å². The molecule has 0 bridgehead atoms. The van der Waals surface area contributed by atoms with Crippen LogP contribution in [0.2, 0.25) is 0 Å². The minimum atomic E-state index is -0.263. The van der Waals surface area contributed by atoms with Gasteiger partial charge in [-0.2, -0.15) is 0 Å². The van der Waals surface area contributed by atoms with Crippen LogP contribution in [0.3, 0.4) is 0 Å². The summed E-state index contributed by atoms with van der Waals surface area (Å²) < 4.78 is 18.2. The summed E-state index contributed by atoms with van der Waals surface area (Å²) in [6, 6.07) is 18.8. The van der Waals surface area contributed by atoms with Gasteiger partial charge in [0, 0.05) is 84.2 Å². The minimum Gasteiger partial charge on any atom is -0.363 e. The van der Waals surface area contributed by atoms with Gasteiger partial charge in [0.2, 0.25) is 0 Å². The first-order valence-electron chi connectivity index (χ1n) is 18.8. The molecule has 0 amide bonds. The Hall–Kier alpha value is -6.73. The molecule has 1 aromatic carbocycles. The number of rotatable bonds is 9. The van der Waals surface area contributed by atoms with E-state index < -0.39 is 0 Å². The van der Waals surface area contributed by atoms with Gasteiger partial charge in [0.1, 0.15) is 10.4 Å². The molecular weight excluding hydrogens is 793 g/mol. The first-order valence-corrected chi connectivity index (χ1v) is 19.5. The number of nitrogens with zero attached hydrogens (tertiary/aromatic N) is 10. The molecule has 0 aliphatic rings. The van der Waals surface area contributed by atoms with Crippen LogP contribution in [0.4, 0.5) is 10.2 Å². The molecule has 0 fully saturated rings. The van der Waals surface area contributed by atoms with E-state index in [1.807, 2.05) is 78.0 Å². The molecule has 0 spiro atoms. The fraction of sp³-hybridized carbons (Fsp3) is 0.156. The molecule has 8 aromatic heterocycles. The Kier molecular flexibility index (Phi) is 11.0. The standard InChI is InChI=1S/C25H21FN6.C20H18BrN5/c1-16-11-18(13-29-23(16)20-7-8-27-17(2)12-20)14-30-24-25-31-15-22(32(25)10-9-28-24)19-3-5-21(26)6-4-19;1-13-9-15(11-24-19(13)16-5-6-22-14(2)10-16)3-4-17-20-25-12-18(21)26(20)8-7-23-17/h3-13,15H,14H2,1-2H3,(H,28,30);5-12H,3-4H2,1-2H3. The second-order valence-electron chi connectivity index (χ2n) is 14.0. The molecular formula is C45H39BrFN11. The third-order valence-corrected chi connectivity index (χ3v) is 10.3. The van der Waals surface area contributed by atoms with E-state index in [0.717, 1.165) is 85.1 Å². The molecule has 9 aromatic rings. The number of fused-ring (bicyclic) bond motifs is 2. The number of nitrogens with one attached hydrogen (secondary N) is 1. The summed E-state index contributed by atoms with van der Waals surface area (Å²) in [6.45, 7) is 8.70. The molecule has 288 valence electrons. The summed E-state index contributed by atoms with van der Waals surface area (Å²) in [5.74, 6) is 0.410. The molecule has 0 radical (unpaired) electrons. The van der Waals surface area contributed by atoms with E-state index in [9.17, 15) is 4.39 Å². The number of pyridine rings is 4. The van der Waals surface area contributed by atoms with Crippen molar-refractivity contribution in [1.29, 1.82) is 0 Å². The summed E-state index contributed by atoms with van der Waals surface area (Å²) in [7, 11) is 0. The molecule has 9 rings (SSSR count). The Bertz CT molecular complexity index is 2890. The third-order valence-electron chi connectivity index (χ3n) is 9.74. The molecule has 1 N–H and O–H groups in total. The number of imidazole rings is 2. The van der Waals surface area contributed by atoms with Crippen molar-refractivity contribution in [3.8, 4) is 33.8 Å². The molecule has 11 nitrogen and oxygen atoms in total. The van der Waals surface area contributed by atoms with Gasteiger partial charge in [-0.1, -0.05) is 12.1 Å². The summed E-state index contributed by atoms with van der Waals surface area (Å²) >= 11 is 3.50. The largest absolute Gasteiger partial charge is 0.363 e. The molecule has 0 saturated carbocycles. The zero-order valence-electron chi connectivity index (χ0n) is 32.4. The predicted molar refractivity (Wildman–Crippen MR) is 228 cm³/mol. The average Bonchev–Trinajstić information content (AvgIpc) is 3.84. The number of aromatic nitrogens is 10. The zero-order chi connectivity index (χ0) is 40.2. The molecule has 0 aliphatic carbocycles. The second kappa shape index (κ2) is 16.8. The Morgan fingerprint density at radius 2 is 1.19 bits per heavy atom. The molecule has 13 heteroatoms. The Labute approximate surface area is 343 Å². The van der Waals surface area contributed by atoms with Crippen LogP contribution >= 0.6 is 15.9 Å². The highest BCUT2D eigenvalue weighted by molar-refractivity contribution is 9.10. The lowest BCUT2D eigenvalue weighted by Crippen LogP contribution is -2.05. The Morgan fingerprint density at radius 3 is 1.86 bits per heavy atom. The van der Waals surface area contributed by atoms with E-state index in [0.29, 0.717) is 18.0 Å². The number of halogens is 2. The van der Waals surface area contributed by atoms with Crippen LogP contribution in [0.15, 0.2) is 127 Å². The smallest absolute Gasteiger partial charge is 0.180 e. The fourth-order valence-electron chi connectivity index (χ4n) is 6.94. The SMILES string of the molecule is Cc1cc(-c2ncc(CCc3nccn4c(Br)cnc34)cc2C)ccn1.Cc1cc(-c2ncc(CNc3nccn4c(-c5ccc(F)cc5)cnc34)cc2C)ccn1. The predicted octanol–water partition coefficient (Wildman–Crippen LogP) is 9.57. The fourth-order valence-corrected chi connectivity index (χ4v) is 7.32. The average molecular weight is 833 g/mol. The number of anilines is 1. The van der Waals surface area contributed by atoms with E-state index in [1.54, 1.807) is 36.9 Å². The molecule has 0 atom stereocenters. The van der Waals surface area contributed by atoms with Crippen molar-refractivity contribution in [2.24, 2.45) is 0 Å². The van der Waals surface area contributed by atoms with E-state index in [-0.39, 0.29) is 5.82 Å². The van der Waals surface area contributed by atoms with Gasteiger partial charge in [-0.25, -0.2) is 19.3 Å². The van der Waals surface area contributed by atoms with Crippen molar-refractivity contribution in [3.63, 3.8) is 0 Å². The maximum absolute atomic E-state index is 13.3. The quantitative estimate of drug-likeness (QED) is 0.152. The third kappa shape index (κ3) is 8.35. The zero-order valence-corrected chi connectivity index (χ0v) is 34.0. The van der Waals surface area contributed by atoms with E-state index in [4.69, 9.17) is 4.98 Å². The molecule has 0 aliphatic heterocycles. The van der Waals surface area contributed by atoms with Crippen LogP contribution in [-0.4, -0.2) is 48.7 Å². The van der Waals surface area contributed by atoms with Crippen molar-refractivity contribution in [1.82, 2.24) is 48.7 Å². The van der Waals surface area contributed by atoms with Crippen LogP contribution in [0.25, 0.3) is 45.1 Å².